The number of nitrogens with one attached hydrogen (secondary N) is 1. The van der Waals surface area contributed by atoms with E-state index in [-0.39, 0.29) is 11.2 Å². The molecule has 0 amide bonds. The molecule has 0 radical (unpaired) electrons. The summed E-state index contributed by atoms with van der Waals surface area (Å²) in [5.74, 6) is 0.588. The topological polar surface area (TPSA) is 12.0 Å². The summed E-state index contributed by atoms with van der Waals surface area (Å²) >= 11 is 0. The molecule has 1 atom stereocenters. The fourth-order valence-corrected chi connectivity index (χ4v) is 2.62. The van der Waals surface area contributed by atoms with E-state index in [9.17, 15) is 4.39 Å². The van der Waals surface area contributed by atoms with Gasteiger partial charge >= 0.3 is 0 Å². The molecule has 1 heterocycles. The quantitative estimate of drug-likeness (QED) is 0.829. The highest BCUT2D eigenvalue weighted by Gasteiger charge is 2.22. The lowest BCUT2D eigenvalue weighted by Crippen LogP contribution is -2.17. The molecule has 1 unspecified atom stereocenters. The molecule has 1 aromatic rings. The third-order valence-electron chi connectivity index (χ3n) is 3.55. The van der Waals surface area contributed by atoms with Gasteiger partial charge < -0.3 is 5.32 Å². The first-order valence-electron chi connectivity index (χ1n) is 6.46. The Kier molecular flexibility index (Phi) is 3.53. The second-order valence-electron chi connectivity index (χ2n) is 6.11. The van der Waals surface area contributed by atoms with Crippen LogP contribution in [-0.4, -0.2) is 13.1 Å². The van der Waals surface area contributed by atoms with Gasteiger partial charge in [0.2, 0.25) is 0 Å². The summed E-state index contributed by atoms with van der Waals surface area (Å²) < 4.78 is 13.4. The second-order valence-corrected chi connectivity index (χ2v) is 6.11. The van der Waals surface area contributed by atoms with Gasteiger partial charge in [-0.15, -0.1) is 0 Å². The van der Waals surface area contributed by atoms with Crippen molar-refractivity contribution in [1.82, 2.24) is 5.32 Å². The van der Waals surface area contributed by atoms with Crippen molar-refractivity contribution < 1.29 is 4.39 Å². The molecule has 94 valence electrons. The molecule has 2 rings (SSSR count). The Hall–Kier alpha value is -0.890. The van der Waals surface area contributed by atoms with E-state index in [2.05, 4.69) is 26.1 Å². The zero-order chi connectivity index (χ0) is 12.5. The third kappa shape index (κ3) is 3.06. The van der Waals surface area contributed by atoms with Gasteiger partial charge in [-0.05, 0) is 60.5 Å². The van der Waals surface area contributed by atoms with Gasteiger partial charge in [-0.3, -0.25) is 0 Å². The van der Waals surface area contributed by atoms with Gasteiger partial charge in [0.05, 0.1) is 0 Å². The smallest absolute Gasteiger partial charge is 0.123 e. The lowest BCUT2D eigenvalue weighted by atomic mass is 9.81. The molecule has 2 heteroatoms. The SMILES string of the molecule is CC(C)(C)c1cc(F)ccc1CC1CCNC1. The van der Waals surface area contributed by atoms with Gasteiger partial charge in [0.25, 0.3) is 0 Å². The van der Waals surface area contributed by atoms with Gasteiger partial charge in [-0.2, -0.15) is 0 Å². The molecule has 1 saturated heterocycles. The van der Waals surface area contributed by atoms with Crippen molar-refractivity contribution >= 4 is 0 Å². The maximum absolute atomic E-state index is 13.4. The van der Waals surface area contributed by atoms with Crippen molar-refractivity contribution in [1.29, 1.82) is 0 Å². The fourth-order valence-electron chi connectivity index (χ4n) is 2.62. The van der Waals surface area contributed by atoms with Crippen molar-refractivity contribution in [3.8, 4) is 0 Å². The van der Waals surface area contributed by atoms with Crippen LogP contribution in [0, 0.1) is 11.7 Å². The van der Waals surface area contributed by atoms with E-state index >= 15 is 0 Å². The van der Waals surface area contributed by atoms with E-state index in [0.717, 1.165) is 25.1 Å². The standard InChI is InChI=1S/C15H22FN/c1-15(2,3)14-9-13(16)5-4-12(14)8-11-6-7-17-10-11/h4-5,9,11,17H,6-8,10H2,1-3H3. The molecule has 1 aromatic carbocycles. The molecular weight excluding hydrogens is 213 g/mol. The van der Waals surface area contributed by atoms with Crippen LogP contribution >= 0.6 is 0 Å². The molecule has 0 aromatic heterocycles. The van der Waals surface area contributed by atoms with Gasteiger partial charge in [-0.1, -0.05) is 26.8 Å². The van der Waals surface area contributed by atoms with Crippen LogP contribution in [0.2, 0.25) is 0 Å². The van der Waals surface area contributed by atoms with E-state index in [1.54, 1.807) is 12.1 Å². The number of rotatable bonds is 2. The lowest BCUT2D eigenvalue weighted by molar-refractivity contribution is 0.537. The molecular formula is C15H22FN. The van der Waals surface area contributed by atoms with Gasteiger partial charge in [0.15, 0.2) is 0 Å². The summed E-state index contributed by atoms with van der Waals surface area (Å²) in [4.78, 5) is 0. The Labute approximate surface area is 103 Å². The number of hydrogen-bond donors (Lipinski definition) is 1. The number of halogens is 1. The Bertz CT molecular complexity index is 386. The maximum atomic E-state index is 13.4. The zero-order valence-electron chi connectivity index (χ0n) is 11.0. The molecule has 0 saturated carbocycles. The fraction of sp³-hybridized carbons (Fsp3) is 0.600. The van der Waals surface area contributed by atoms with E-state index in [0.29, 0.717) is 5.92 Å². The van der Waals surface area contributed by atoms with Gasteiger partial charge in [-0.25, -0.2) is 4.39 Å². The zero-order valence-corrected chi connectivity index (χ0v) is 11.0. The maximum Gasteiger partial charge on any atom is 0.123 e. The third-order valence-corrected chi connectivity index (χ3v) is 3.55. The Morgan fingerprint density at radius 3 is 2.71 bits per heavy atom. The van der Waals surface area contributed by atoms with Gasteiger partial charge in [0.1, 0.15) is 5.82 Å². The van der Waals surface area contributed by atoms with E-state index in [1.165, 1.54) is 12.0 Å². The highest BCUT2D eigenvalue weighted by Crippen LogP contribution is 2.29. The normalized spacial score (nSPS) is 20.8. The molecule has 1 N–H and O–H groups in total. The molecule has 0 aliphatic carbocycles. The first kappa shape index (κ1) is 12.6. The first-order chi connectivity index (χ1) is 7.97. The van der Waals surface area contributed by atoms with Crippen molar-refractivity contribution in [2.45, 2.75) is 39.0 Å². The predicted octanol–water partition coefficient (Wildman–Crippen LogP) is 3.28. The van der Waals surface area contributed by atoms with Crippen LogP contribution < -0.4 is 5.32 Å². The molecule has 0 bridgehead atoms. The van der Waals surface area contributed by atoms with E-state index in [1.807, 2.05) is 6.07 Å². The summed E-state index contributed by atoms with van der Waals surface area (Å²) in [6.45, 7) is 8.67. The minimum Gasteiger partial charge on any atom is -0.316 e. The van der Waals surface area contributed by atoms with Crippen LogP contribution in [-0.2, 0) is 11.8 Å². The van der Waals surface area contributed by atoms with Crippen molar-refractivity contribution in [3.63, 3.8) is 0 Å². The van der Waals surface area contributed by atoms with E-state index in [4.69, 9.17) is 0 Å². The summed E-state index contributed by atoms with van der Waals surface area (Å²) in [5.41, 5.74) is 2.49. The molecule has 17 heavy (non-hydrogen) atoms. The van der Waals surface area contributed by atoms with Gasteiger partial charge in [0, 0.05) is 0 Å². The van der Waals surface area contributed by atoms with Crippen LogP contribution in [0.5, 0.6) is 0 Å². The average Bonchev–Trinajstić information content (AvgIpc) is 2.72. The van der Waals surface area contributed by atoms with Crippen molar-refractivity contribution in [2.75, 3.05) is 13.1 Å². The number of benzene rings is 1. The molecule has 1 fully saturated rings. The number of hydrogen-bond acceptors (Lipinski definition) is 1. The highest BCUT2D eigenvalue weighted by molar-refractivity contribution is 5.34. The monoisotopic (exact) mass is 235 g/mol. The van der Waals surface area contributed by atoms with Crippen LogP contribution in [0.3, 0.4) is 0 Å². The van der Waals surface area contributed by atoms with Crippen molar-refractivity contribution in [3.05, 3.63) is 35.1 Å². The molecule has 0 spiro atoms. The molecule has 1 aliphatic heterocycles. The Morgan fingerprint density at radius 1 is 1.35 bits per heavy atom. The summed E-state index contributed by atoms with van der Waals surface area (Å²) in [7, 11) is 0. The minimum absolute atomic E-state index is 0.0173. The molecule has 1 nitrogen and oxygen atoms in total. The Balaban J connectivity index is 2.25. The second kappa shape index (κ2) is 4.77. The summed E-state index contributed by atoms with van der Waals surface area (Å²) in [6.07, 6.45) is 2.31. The summed E-state index contributed by atoms with van der Waals surface area (Å²) in [6, 6.07) is 5.26. The average molecular weight is 235 g/mol. The predicted molar refractivity (Wildman–Crippen MR) is 69.8 cm³/mol. The van der Waals surface area contributed by atoms with E-state index < -0.39 is 0 Å². The Morgan fingerprint density at radius 2 is 2.12 bits per heavy atom. The highest BCUT2D eigenvalue weighted by atomic mass is 19.1. The first-order valence-corrected chi connectivity index (χ1v) is 6.46. The van der Waals surface area contributed by atoms with Crippen LogP contribution in [0.1, 0.15) is 38.3 Å². The lowest BCUT2D eigenvalue weighted by Gasteiger charge is -2.24. The van der Waals surface area contributed by atoms with Crippen LogP contribution in [0.4, 0.5) is 4.39 Å². The minimum atomic E-state index is -0.122. The largest absolute Gasteiger partial charge is 0.316 e. The van der Waals surface area contributed by atoms with Crippen molar-refractivity contribution in [2.24, 2.45) is 5.92 Å². The van der Waals surface area contributed by atoms with Crippen LogP contribution in [0.15, 0.2) is 18.2 Å². The molecule has 1 aliphatic rings. The summed E-state index contributed by atoms with van der Waals surface area (Å²) in [5, 5.41) is 3.39. The van der Waals surface area contributed by atoms with Crippen LogP contribution in [0.25, 0.3) is 0 Å².